The lowest BCUT2D eigenvalue weighted by Crippen LogP contribution is -2.48. The molecule has 172 valence electrons. The minimum Gasteiger partial charge on any atom is -0.464 e. The number of ether oxygens (including phenoxy) is 1. The maximum Gasteiger partial charge on any atom is 0.500 e. The predicted molar refractivity (Wildman–Crippen MR) is 116 cm³/mol. The van der Waals surface area contributed by atoms with E-state index in [9.17, 15) is 9.59 Å². The number of urea groups is 1. The molecule has 0 aliphatic heterocycles. The van der Waals surface area contributed by atoms with Crippen LogP contribution >= 0.6 is 0 Å². The Bertz CT molecular complexity index is 434. The van der Waals surface area contributed by atoms with Gasteiger partial charge in [-0.2, -0.15) is 0 Å². The molecule has 0 radical (unpaired) electrons. The van der Waals surface area contributed by atoms with Crippen LogP contribution in [0.5, 0.6) is 0 Å². The summed E-state index contributed by atoms with van der Waals surface area (Å²) in [6, 6.07) is -0.396. The van der Waals surface area contributed by atoms with Crippen molar-refractivity contribution in [2.24, 2.45) is 5.92 Å². The third-order valence-corrected chi connectivity index (χ3v) is 7.23. The molecule has 0 saturated heterocycles. The molecule has 0 aromatic rings. The Morgan fingerprint density at radius 2 is 1.52 bits per heavy atom. The van der Waals surface area contributed by atoms with Crippen LogP contribution in [0.2, 0.25) is 6.04 Å². The number of esters is 1. The Balaban J connectivity index is 4.54. The molecule has 0 aromatic carbocycles. The molecule has 9 heteroatoms. The highest BCUT2D eigenvalue weighted by atomic mass is 28.4. The molecule has 0 unspecified atom stereocenters. The molecular formula is C20H42N2O6Si. The highest BCUT2D eigenvalue weighted by Gasteiger charge is 2.39. The SMILES string of the molecule is CCCCOC(=O)[C@H](CC(C)C)NC(=O)NCCC[Si](OCC)(OCC)OCC. The summed E-state index contributed by atoms with van der Waals surface area (Å²) in [5, 5.41) is 5.55. The maximum absolute atomic E-state index is 12.3. The van der Waals surface area contributed by atoms with Crippen molar-refractivity contribution >= 4 is 20.8 Å². The molecule has 2 N–H and O–H groups in total. The van der Waals surface area contributed by atoms with Crippen molar-refractivity contribution in [3.8, 4) is 0 Å². The van der Waals surface area contributed by atoms with Crippen LogP contribution in [-0.2, 0) is 22.8 Å². The van der Waals surface area contributed by atoms with E-state index in [4.69, 9.17) is 18.0 Å². The lowest BCUT2D eigenvalue weighted by molar-refractivity contribution is -0.146. The van der Waals surface area contributed by atoms with Crippen molar-refractivity contribution in [2.45, 2.75) is 79.3 Å². The molecule has 0 spiro atoms. The van der Waals surface area contributed by atoms with Crippen LogP contribution in [0.3, 0.4) is 0 Å². The van der Waals surface area contributed by atoms with Gasteiger partial charge in [0.05, 0.1) is 6.61 Å². The van der Waals surface area contributed by atoms with Crippen LogP contribution in [0.25, 0.3) is 0 Å². The fourth-order valence-corrected chi connectivity index (χ4v) is 5.43. The fraction of sp³-hybridized carbons (Fsp3) is 0.900. The van der Waals surface area contributed by atoms with E-state index in [1.807, 2.05) is 41.5 Å². The van der Waals surface area contributed by atoms with Crippen molar-refractivity contribution in [2.75, 3.05) is 33.0 Å². The van der Waals surface area contributed by atoms with Gasteiger partial charge in [-0.1, -0.05) is 27.2 Å². The highest BCUT2D eigenvalue weighted by molar-refractivity contribution is 6.60. The molecular weight excluding hydrogens is 392 g/mol. The van der Waals surface area contributed by atoms with Crippen molar-refractivity contribution in [1.29, 1.82) is 0 Å². The van der Waals surface area contributed by atoms with Gasteiger partial charge < -0.3 is 28.6 Å². The van der Waals surface area contributed by atoms with Gasteiger partial charge in [-0.25, -0.2) is 9.59 Å². The zero-order valence-electron chi connectivity index (χ0n) is 19.2. The van der Waals surface area contributed by atoms with Gasteiger partial charge in [0.15, 0.2) is 0 Å². The number of carbonyl (C=O) groups is 2. The smallest absolute Gasteiger partial charge is 0.464 e. The van der Waals surface area contributed by atoms with E-state index in [2.05, 4.69) is 10.6 Å². The molecule has 0 saturated carbocycles. The van der Waals surface area contributed by atoms with E-state index in [-0.39, 0.29) is 17.9 Å². The van der Waals surface area contributed by atoms with Crippen molar-refractivity contribution in [1.82, 2.24) is 10.6 Å². The molecule has 29 heavy (non-hydrogen) atoms. The van der Waals surface area contributed by atoms with E-state index < -0.39 is 14.8 Å². The molecule has 0 aliphatic carbocycles. The van der Waals surface area contributed by atoms with Crippen LogP contribution in [-0.4, -0.2) is 59.8 Å². The molecule has 0 rings (SSSR count). The minimum absolute atomic E-state index is 0.259. The molecule has 0 fully saturated rings. The van der Waals surface area contributed by atoms with Crippen LogP contribution in [0, 0.1) is 5.92 Å². The summed E-state index contributed by atoms with van der Waals surface area (Å²) in [5.41, 5.74) is 0. The molecule has 0 bridgehead atoms. The van der Waals surface area contributed by atoms with Crippen LogP contribution < -0.4 is 10.6 Å². The normalized spacial score (nSPS) is 12.7. The van der Waals surface area contributed by atoms with Crippen LogP contribution in [0.1, 0.15) is 67.2 Å². The van der Waals surface area contributed by atoms with Crippen LogP contribution in [0.4, 0.5) is 4.79 Å². The number of amides is 2. The Morgan fingerprint density at radius 1 is 0.931 bits per heavy atom. The molecule has 0 aliphatic rings. The number of carbonyl (C=O) groups excluding carboxylic acids is 2. The molecule has 1 atom stereocenters. The first-order valence-corrected chi connectivity index (χ1v) is 12.9. The van der Waals surface area contributed by atoms with Gasteiger partial charge in [-0.15, -0.1) is 0 Å². The maximum atomic E-state index is 12.3. The molecule has 0 aromatic heterocycles. The van der Waals surface area contributed by atoms with E-state index in [0.717, 1.165) is 12.8 Å². The minimum atomic E-state index is -2.70. The zero-order valence-corrected chi connectivity index (χ0v) is 20.2. The van der Waals surface area contributed by atoms with Gasteiger partial charge in [0.2, 0.25) is 0 Å². The fourth-order valence-electron chi connectivity index (χ4n) is 2.82. The van der Waals surface area contributed by atoms with Gasteiger partial charge in [-0.05, 0) is 46.0 Å². The molecule has 0 heterocycles. The van der Waals surface area contributed by atoms with Crippen molar-refractivity contribution in [3.63, 3.8) is 0 Å². The Morgan fingerprint density at radius 3 is 2.00 bits per heavy atom. The second kappa shape index (κ2) is 16.6. The van der Waals surface area contributed by atoms with E-state index in [1.54, 1.807) is 0 Å². The third kappa shape index (κ3) is 12.9. The number of hydrogen-bond donors (Lipinski definition) is 2. The van der Waals surface area contributed by atoms with Gasteiger partial charge in [0, 0.05) is 32.4 Å². The van der Waals surface area contributed by atoms with E-state index >= 15 is 0 Å². The second-order valence-electron chi connectivity index (χ2n) is 7.19. The number of rotatable bonds is 17. The summed E-state index contributed by atoms with van der Waals surface area (Å²) in [6.07, 6.45) is 2.96. The van der Waals surface area contributed by atoms with Gasteiger partial charge in [-0.3, -0.25) is 0 Å². The summed E-state index contributed by atoms with van der Waals surface area (Å²) >= 11 is 0. The van der Waals surface area contributed by atoms with Gasteiger partial charge >= 0.3 is 20.8 Å². The Kier molecular flexibility index (Phi) is 15.9. The van der Waals surface area contributed by atoms with Crippen molar-refractivity contribution in [3.05, 3.63) is 0 Å². The molecule has 8 nitrogen and oxygen atoms in total. The predicted octanol–water partition coefficient (Wildman–Crippen LogP) is 3.48. The first-order chi connectivity index (χ1) is 13.8. The summed E-state index contributed by atoms with van der Waals surface area (Å²) < 4.78 is 22.7. The largest absolute Gasteiger partial charge is 0.500 e. The highest BCUT2D eigenvalue weighted by Crippen LogP contribution is 2.17. The summed E-state index contributed by atoms with van der Waals surface area (Å²) in [6.45, 7) is 14.2. The topological polar surface area (TPSA) is 95.1 Å². The Hall–Kier alpha value is -1.16. The zero-order chi connectivity index (χ0) is 22.1. The monoisotopic (exact) mass is 434 g/mol. The number of unbranched alkanes of at least 4 members (excludes halogenated alkanes) is 1. The standard InChI is InChI=1S/C20H42N2O6Si/c1-7-11-14-25-19(23)18(16-17(5)6)22-20(24)21-13-12-15-29(26-8-2,27-9-3)28-10-4/h17-18H,7-16H2,1-6H3,(H2,21,22,24)/t18-/m0/s1. The van der Waals surface area contributed by atoms with Gasteiger partial charge in [0.1, 0.15) is 6.04 Å². The average molecular weight is 435 g/mol. The molecule has 2 amide bonds. The summed E-state index contributed by atoms with van der Waals surface area (Å²) in [4.78, 5) is 24.5. The van der Waals surface area contributed by atoms with E-state index in [1.165, 1.54) is 0 Å². The lowest BCUT2D eigenvalue weighted by Gasteiger charge is -2.28. The number of hydrogen-bond acceptors (Lipinski definition) is 6. The lowest BCUT2D eigenvalue weighted by atomic mass is 10.0. The van der Waals surface area contributed by atoms with Crippen molar-refractivity contribution < 1.29 is 27.6 Å². The summed E-state index contributed by atoms with van der Waals surface area (Å²) in [5.74, 6) is -0.119. The quantitative estimate of drug-likeness (QED) is 0.207. The third-order valence-electron chi connectivity index (χ3n) is 4.08. The van der Waals surface area contributed by atoms with Crippen LogP contribution in [0.15, 0.2) is 0 Å². The summed E-state index contributed by atoms with van der Waals surface area (Å²) in [7, 11) is -2.70. The first-order valence-electron chi connectivity index (χ1n) is 11.0. The first kappa shape index (κ1) is 27.8. The number of nitrogens with one attached hydrogen (secondary N) is 2. The van der Waals surface area contributed by atoms with E-state index in [0.29, 0.717) is 51.9 Å². The second-order valence-corrected chi connectivity index (χ2v) is 9.92. The average Bonchev–Trinajstić information content (AvgIpc) is 2.65. The Labute approximate surface area is 177 Å². The van der Waals surface area contributed by atoms with Gasteiger partial charge in [0.25, 0.3) is 0 Å².